The lowest BCUT2D eigenvalue weighted by molar-refractivity contribution is 0.855. The SMILES string of the molecule is CC(Nc1nc(N)ncc1CCc1ccc(Cl)c(Cl)c1)c1ccccc1. The van der Waals surface area contributed by atoms with Crippen LogP contribution < -0.4 is 11.1 Å². The third-order valence-electron chi connectivity index (χ3n) is 4.20. The molecule has 6 heteroatoms. The highest BCUT2D eigenvalue weighted by molar-refractivity contribution is 6.42. The minimum absolute atomic E-state index is 0.106. The number of benzene rings is 2. The molecule has 134 valence electrons. The number of hydrogen-bond donors (Lipinski definition) is 2. The summed E-state index contributed by atoms with van der Waals surface area (Å²) in [5, 5.41) is 4.57. The van der Waals surface area contributed by atoms with E-state index in [1.807, 2.05) is 36.4 Å². The fourth-order valence-electron chi connectivity index (χ4n) is 2.73. The van der Waals surface area contributed by atoms with Gasteiger partial charge in [0, 0.05) is 17.8 Å². The number of halogens is 2. The van der Waals surface area contributed by atoms with Crippen LogP contribution in [0.1, 0.15) is 29.7 Å². The van der Waals surface area contributed by atoms with Crippen molar-refractivity contribution in [3.8, 4) is 0 Å². The molecular weight excluding hydrogens is 367 g/mol. The van der Waals surface area contributed by atoms with Gasteiger partial charge in [-0.3, -0.25) is 0 Å². The van der Waals surface area contributed by atoms with Crippen LogP contribution in [0.5, 0.6) is 0 Å². The summed E-state index contributed by atoms with van der Waals surface area (Å²) in [6.45, 7) is 2.09. The van der Waals surface area contributed by atoms with Crippen LogP contribution in [0.4, 0.5) is 11.8 Å². The van der Waals surface area contributed by atoms with Crippen molar-refractivity contribution in [2.45, 2.75) is 25.8 Å². The summed E-state index contributed by atoms with van der Waals surface area (Å²) in [4.78, 5) is 8.53. The fourth-order valence-corrected chi connectivity index (χ4v) is 3.05. The van der Waals surface area contributed by atoms with E-state index in [1.165, 1.54) is 5.56 Å². The molecule has 3 aromatic rings. The smallest absolute Gasteiger partial charge is 0.221 e. The van der Waals surface area contributed by atoms with Gasteiger partial charge < -0.3 is 11.1 Å². The molecular formula is C20H20Cl2N4. The molecule has 3 rings (SSSR count). The number of anilines is 2. The van der Waals surface area contributed by atoms with Gasteiger partial charge in [0.15, 0.2) is 0 Å². The molecule has 0 saturated carbocycles. The molecule has 0 saturated heterocycles. The van der Waals surface area contributed by atoms with Gasteiger partial charge in [-0.25, -0.2) is 4.98 Å². The average Bonchev–Trinajstić information content (AvgIpc) is 2.64. The molecule has 0 spiro atoms. The molecule has 0 fully saturated rings. The van der Waals surface area contributed by atoms with Crippen molar-refractivity contribution in [1.29, 1.82) is 0 Å². The minimum atomic E-state index is 0.106. The Kier molecular flexibility index (Phi) is 5.96. The Labute approximate surface area is 163 Å². The Morgan fingerprint density at radius 3 is 2.54 bits per heavy atom. The summed E-state index contributed by atoms with van der Waals surface area (Å²) < 4.78 is 0. The Balaban J connectivity index is 1.76. The lowest BCUT2D eigenvalue weighted by atomic mass is 10.0. The van der Waals surface area contributed by atoms with Crippen LogP contribution in [0, 0.1) is 0 Å². The molecule has 0 aliphatic rings. The zero-order valence-corrected chi connectivity index (χ0v) is 15.9. The first-order valence-corrected chi connectivity index (χ1v) is 9.15. The molecule has 0 radical (unpaired) electrons. The highest BCUT2D eigenvalue weighted by Crippen LogP contribution is 2.25. The molecule has 3 N–H and O–H groups in total. The van der Waals surface area contributed by atoms with Crippen LogP contribution in [-0.2, 0) is 12.8 Å². The number of hydrogen-bond acceptors (Lipinski definition) is 4. The van der Waals surface area contributed by atoms with E-state index in [0.717, 1.165) is 29.8 Å². The van der Waals surface area contributed by atoms with Gasteiger partial charge >= 0.3 is 0 Å². The molecule has 0 bridgehead atoms. The number of aryl methyl sites for hydroxylation is 2. The number of nitrogens with zero attached hydrogens (tertiary/aromatic N) is 2. The molecule has 1 atom stereocenters. The maximum Gasteiger partial charge on any atom is 0.221 e. The van der Waals surface area contributed by atoms with Gasteiger partial charge in [0.25, 0.3) is 0 Å². The van der Waals surface area contributed by atoms with Crippen LogP contribution in [0.2, 0.25) is 10.0 Å². The number of nitrogen functional groups attached to an aromatic ring is 1. The van der Waals surface area contributed by atoms with Gasteiger partial charge in [-0.1, -0.05) is 59.6 Å². The standard InChI is InChI=1S/C20H20Cl2N4/c1-13(15-5-3-2-4-6-15)25-19-16(12-24-20(23)26-19)9-7-14-8-10-17(21)18(22)11-14/h2-6,8,10-13H,7,9H2,1H3,(H3,23,24,25,26). The zero-order valence-electron chi connectivity index (χ0n) is 14.4. The van der Waals surface area contributed by atoms with Gasteiger partial charge in [0.2, 0.25) is 5.95 Å². The third kappa shape index (κ3) is 4.65. The van der Waals surface area contributed by atoms with Gasteiger partial charge in [-0.05, 0) is 43.0 Å². The Morgan fingerprint density at radius 1 is 1.04 bits per heavy atom. The summed E-state index contributed by atoms with van der Waals surface area (Å²) >= 11 is 12.1. The second-order valence-electron chi connectivity index (χ2n) is 6.13. The van der Waals surface area contributed by atoms with Gasteiger partial charge in [-0.15, -0.1) is 0 Å². The molecule has 0 aliphatic heterocycles. The molecule has 0 amide bonds. The second kappa shape index (κ2) is 8.39. The summed E-state index contributed by atoms with van der Waals surface area (Å²) in [5.41, 5.74) is 9.09. The van der Waals surface area contributed by atoms with Crippen molar-refractivity contribution in [3.05, 3.63) is 81.5 Å². The molecule has 0 aliphatic carbocycles. The molecule has 2 aromatic carbocycles. The molecule has 4 nitrogen and oxygen atoms in total. The number of nitrogens with two attached hydrogens (primary N) is 1. The van der Waals surface area contributed by atoms with Crippen molar-refractivity contribution in [2.24, 2.45) is 0 Å². The fraction of sp³-hybridized carbons (Fsp3) is 0.200. The Hall–Kier alpha value is -2.30. The van der Waals surface area contributed by atoms with E-state index < -0.39 is 0 Å². The topological polar surface area (TPSA) is 63.8 Å². The van der Waals surface area contributed by atoms with E-state index in [1.54, 1.807) is 6.20 Å². The van der Waals surface area contributed by atoms with Crippen LogP contribution in [0.15, 0.2) is 54.7 Å². The van der Waals surface area contributed by atoms with Crippen molar-refractivity contribution in [3.63, 3.8) is 0 Å². The molecule has 1 heterocycles. The van der Waals surface area contributed by atoms with Crippen molar-refractivity contribution in [2.75, 3.05) is 11.1 Å². The normalized spacial score (nSPS) is 12.0. The highest BCUT2D eigenvalue weighted by Gasteiger charge is 2.11. The minimum Gasteiger partial charge on any atom is -0.368 e. The predicted octanol–water partition coefficient (Wildman–Crippen LogP) is 5.32. The molecule has 1 unspecified atom stereocenters. The van der Waals surface area contributed by atoms with Crippen molar-refractivity contribution in [1.82, 2.24) is 9.97 Å². The van der Waals surface area contributed by atoms with E-state index in [2.05, 4.69) is 34.3 Å². The second-order valence-corrected chi connectivity index (χ2v) is 6.94. The van der Waals surface area contributed by atoms with E-state index in [4.69, 9.17) is 28.9 Å². The lowest BCUT2D eigenvalue weighted by Gasteiger charge is -2.17. The number of nitrogens with one attached hydrogen (secondary N) is 1. The summed E-state index contributed by atoms with van der Waals surface area (Å²) in [7, 11) is 0. The van der Waals surface area contributed by atoms with E-state index in [-0.39, 0.29) is 12.0 Å². The average molecular weight is 387 g/mol. The van der Waals surface area contributed by atoms with Gasteiger partial charge in [-0.2, -0.15) is 4.98 Å². The van der Waals surface area contributed by atoms with Crippen LogP contribution >= 0.6 is 23.2 Å². The number of rotatable bonds is 6. The first kappa shape index (κ1) is 18.5. The van der Waals surface area contributed by atoms with E-state index in [9.17, 15) is 0 Å². The summed E-state index contributed by atoms with van der Waals surface area (Å²) in [6, 6.07) is 16.0. The van der Waals surface area contributed by atoms with Crippen LogP contribution in [0.25, 0.3) is 0 Å². The summed E-state index contributed by atoms with van der Waals surface area (Å²) in [6.07, 6.45) is 3.35. The van der Waals surface area contributed by atoms with Crippen molar-refractivity contribution < 1.29 is 0 Å². The Bertz CT molecular complexity index is 884. The first-order valence-electron chi connectivity index (χ1n) is 8.39. The maximum atomic E-state index is 6.10. The van der Waals surface area contributed by atoms with E-state index >= 15 is 0 Å². The summed E-state index contributed by atoms with van der Waals surface area (Å²) in [5.74, 6) is 1.01. The maximum absolute atomic E-state index is 6.10. The molecule has 26 heavy (non-hydrogen) atoms. The third-order valence-corrected chi connectivity index (χ3v) is 4.94. The van der Waals surface area contributed by atoms with E-state index in [0.29, 0.717) is 10.0 Å². The van der Waals surface area contributed by atoms with Crippen LogP contribution in [0.3, 0.4) is 0 Å². The zero-order chi connectivity index (χ0) is 18.5. The highest BCUT2D eigenvalue weighted by atomic mass is 35.5. The monoisotopic (exact) mass is 386 g/mol. The lowest BCUT2D eigenvalue weighted by Crippen LogP contribution is -2.12. The van der Waals surface area contributed by atoms with Crippen LogP contribution in [-0.4, -0.2) is 9.97 Å². The Morgan fingerprint density at radius 2 is 1.81 bits per heavy atom. The number of aromatic nitrogens is 2. The molecule has 1 aromatic heterocycles. The van der Waals surface area contributed by atoms with Gasteiger partial charge in [0.05, 0.1) is 10.0 Å². The van der Waals surface area contributed by atoms with Crippen molar-refractivity contribution >= 4 is 35.0 Å². The first-order chi connectivity index (χ1) is 12.5. The van der Waals surface area contributed by atoms with Gasteiger partial charge in [0.1, 0.15) is 5.82 Å². The largest absolute Gasteiger partial charge is 0.368 e. The quantitative estimate of drug-likeness (QED) is 0.601. The predicted molar refractivity (Wildman–Crippen MR) is 109 cm³/mol.